The van der Waals surface area contributed by atoms with E-state index in [1.165, 1.54) is 42.5 Å². The first-order chi connectivity index (χ1) is 33.0. The highest BCUT2D eigenvalue weighted by molar-refractivity contribution is 7.80. The smallest absolute Gasteiger partial charge is 0.420 e. The Kier molecular flexibility index (Phi) is 18.5. The molecule has 396 valence electrons. The average Bonchev–Trinajstić information content (AvgIpc) is 3.67. The maximum atomic E-state index is 14.1. The second-order valence-corrected chi connectivity index (χ2v) is 22.6. The van der Waals surface area contributed by atoms with Crippen LogP contribution < -0.4 is 24.8 Å². The van der Waals surface area contributed by atoms with Gasteiger partial charge in [0.15, 0.2) is 29.0 Å². The van der Waals surface area contributed by atoms with Gasteiger partial charge in [0.1, 0.15) is 52.8 Å². The van der Waals surface area contributed by atoms with Crippen LogP contribution in [0.3, 0.4) is 0 Å². The monoisotopic (exact) mass is 1050 g/mol. The van der Waals surface area contributed by atoms with Gasteiger partial charge in [-0.25, -0.2) is 38.6 Å². The summed E-state index contributed by atoms with van der Waals surface area (Å²) in [6.45, 7) is 23.4. The van der Waals surface area contributed by atoms with E-state index in [1.54, 1.807) is 108 Å². The van der Waals surface area contributed by atoms with Crippen LogP contribution in [0.5, 0.6) is 5.75 Å². The van der Waals surface area contributed by atoms with Crippen molar-refractivity contribution in [1.82, 2.24) is 20.3 Å². The normalized spacial score (nSPS) is 15.6. The molecule has 1 fully saturated rings. The van der Waals surface area contributed by atoms with Gasteiger partial charge in [0, 0.05) is 36.9 Å². The number of alkyl carbamates (subject to hydrolysis) is 1. The molecular formula is C46H65N8O16S2+. The molecule has 26 heteroatoms. The van der Waals surface area contributed by atoms with E-state index in [0.29, 0.717) is 30.3 Å². The largest absolute Gasteiger partial charge is 0.487 e. The van der Waals surface area contributed by atoms with Gasteiger partial charge in [0.25, 0.3) is 12.0 Å². The molecule has 0 spiro atoms. The summed E-state index contributed by atoms with van der Waals surface area (Å²) in [5, 5.41) is 11.0. The number of esters is 1. The minimum atomic E-state index is -5.09. The number of amides is 4. The van der Waals surface area contributed by atoms with Crippen LogP contribution in [0.1, 0.15) is 115 Å². The Balaban J connectivity index is 1.60. The van der Waals surface area contributed by atoms with E-state index < -0.39 is 105 Å². The number of hydrogen-bond acceptors (Lipinski definition) is 19. The molecule has 1 saturated heterocycles. The number of hydroxylamine groups is 2. The second kappa shape index (κ2) is 22.9. The lowest BCUT2D eigenvalue weighted by Gasteiger charge is -2.50. The zero-order valence-electron chi connectivity index (χ0n) is 42.9. The maximum Gasteiger partial charge on any atom is 0.420 e. The fraction of sp³-hybridized carbons (Fsp3) is 0.565. The second-order valence-electron chi connectivity index (χ2n) is 20.8. The number of aryl methyl sites for hydroxylation is 1. The van der Waals surface area contributed by atoms with Gasteiger partial charge in [-0.2, -0.15) is 13.5 Å². The van der Waals surface area contributed by atoms with E-state index in [1.807, 2.05) is 4.57 Å². The Labute approximate surface area is 422 Å². The van der Waals surface area contributed by atoms with E-state index in [0.717, 1.165) is 11.3 Å². The molecule has 1 aliphatic rings. The summed E-state index contributed by atoms with van der Waals surface area (Å²) in [5.74, 6) is -3.70. The number of rotatable bonds is 19. The highest BCUT2D eigenvalue weighted by Crippen LogP contribution is 2.41. The molecule has 0 bridgehead atoms. The van der Waals surface area contributed by atoms with Crippen molar-refractivity contribution in [1.29, 1.82) is 0 Å². The number of oxime groups is 1. The molecule has 72 heavy (non-hydrogen) atoms. The predicted octanol–water partition coefficient (Wildman–Crippen LogP) is 6.60. The van der Waals surface area contributed by atoms with E-state index >= 15 is 0 Å². The Morgan fingerprint density at radius 2 is 1.49 bits per heavy atom. The van der Waals surface area contributed by atoms with Gasteiger partial charge in [-0.1, -0.05) is 5.16 Å². The Morgan fingerprint density at radius 3 is 2.03 bits per heavy atom. The highest BCUT2D eigenvalue weighted by Gasteiger charge is 2.57. The van der Waals surface area contributed by atoms with Crippen LogP contribution in [0.4, 0.5) is 31.0 Å². The van der Waals surface area contributed by atoms with Crippen LogP contribution in [-0.4, -0.2) is 117 Å². The molecular weight excluding hydrogens is 985 g/mol. The van der Waals surface area contributed by atoms with Crippen molar-refractivity contribution in [2.24, 2.45) is 11.1 Å². The summed E-state index contributed by atoms with van der Waals surface area (Å²) in [6, 6.07) is 6.35. The molecule has 3 aromatic heterocycles. The number of ether oxygens (including phenoxy) is 5. The van der Waals surface area contributed by atoms with Crippen LogP contribution in [0, 0.1) is 5.92 Å². The van der Waals surface area contributed by atoms with E-state index in [4.69, 9.17) is 28.5 Å². The van der Waals surface area contributed by atoms with Crippen molar-refractivity contribution < 1.29 is 79.1 Å². The molecule has 2 atom stereocenters. The zero-order valence-corrected chi connectivity index (χ0v) is 44.5. The van der Waals surface area contributed by atoms with Gasteiger partial charge in [0.05, 0.1) is 23.3 Å². The zero-order chi connectivity index (χ0) is 54.2. The number of pyridine rings is 2. The van der Waals surface area contributed by atoms with Gasteiger partial charge in [0.2, 0.25) is 0 Å². The summed E-state index contributed by atoms with van der Waals surface area (Å²) in [7, 11) is -5.09. The standard InChI is InChI=1S/C46H64N8O16S2/c1-42(2,3)65-37(57)33(69-51-35(31-27-71-38(49-31)50-40(59)67-44(7,8)9)32(55)24-30-36(56)54(46(30,13)14)70-72(61,62)63)26-64-29-16-17-34(48-25-29)53(41(60)68-45(10,11)12)28-18-22-52(23-19-28)21-15-20-47-39(58)66-43(4,5)6/h16-19,22-23,25,27,30,33H,15,20-21,24,26H2,1-14H3,(H2-,47,49,50,58,59,61,62,63)/p+1/b51-35-/t30-,33?/m1/s1. The Bertz CT molecular complexity index is 2580. The topological polar surface area (TPSA) is 294 Å². The third kappa shape index (κ3) is 18.3. The molecule has 1 aliphatic heterocycles. The SMILES string of the molecule is CC(C)(C)OC(=O)NCCC[n+]1ccc(N(C(=O)OC(C)(C)C)c2ccc(OCC(O/N=C(\C(=O)C[C@@H]3C(=O)N(OS(=O)(=O)O)C3(C)C)c3csc(NC(=O)OC(C)(C)C)n3)C(=O)OC(C)(C)C)cn2)cc1. The molecule has 4 amide bonds. The molecule has 1 unspecified atom stereocenters. The molecule has 0 aliphatic carbocycles. The molecule has 0 aromatic carbocycles. The lowest BCUT2D eigenvalue weighted by atomic mass is 9.74. The van der Waals surface area contributed by atoms with Crippen molar-refractivity contribution in [3.63, 3.8) is 0 Å². The van der Waals surface area contributed by atoms with Crippen molar-refractivity contribution in [2.45, 2.75) is 150 Å². The van der Waals surface area contributed by atoms with Crippen molar-refractivity contribution in [3.05, 3.63) is 53.9 Å². The molecule has 24 nitrogen and oxygen atoms in total. The first-order valence-electron chi connectivity index (χ1n) is 22.5. The molecule has 3 N–H and O–H groups in total. The number of hydrogen-bond donors (Lipinski definition) is 3. The van der Waals surface area contributed by atoms with Crippen LogP contribution in [0.2, 0.25) is 0 Å². The summed E-state index contributed by atoms with van der Waals surface area (Å²) in [5.41, 5.74) is -5.04. The maximum absolute atomic E-state index is 14.1. The van der Waals surface area contributed by atoms with Gasteiger partial charge in [-0.05, 0) is 109 Å². The fourth-order valence-electron chi connectivity index (χ4n) is 6.26. The number of Topliss-reactive ketones (excluding diaryl/α,β-unsaturated/α-hetero) is 1. The van der Waals surface area contributed by atoms with E-state index in [2.05, 4.69) is 30.0 Å². The number of nitrogens with one attached hydrogen (secondary N) is 2. The van der Waals surface area contributed by atoms with Crippen LogP contribution in [0.25, 0.3) is 0 Å². The molecule has 3 aromatic rings. The Morgan fingerprint density at radius 1 is 0.889 bits per heavy atom. The third-order valence-corrected chi connectivity index (χ3v) is 10.4. The molecule has 0 radical (unpaired) electrons. The van der Waals surface area contributed by atoms with E-state index in [-0.39, 0.29) is 22.4 Å². The number of carbonyl (C=O) groups excluding carboxylic acids is 6. The lowest BCUT2D eigenvalue weighted by molar-refractivity contribution is -0.697. The number of ketones is 1. The first kappa shape index (κ1) is 58.1. The summed E-state index contributed by atoms with van der Waals surface area (Å²) in [6.07, 6.45) is 1.05. The number of carbonyl (C=O) groups is 6. The average molecular weight is 1050 g/mol. The highest BCUT2D eigenvalue weighted by atomic mass is 32.3. The van der Waals surface area contributed by atoms with Gasteiger partial charge in [-0.15, -0.1) is 15.6 Å². The lowest BCUT2D eigenvalue weighted by Crippen LogP contribution is -2.68. The van der Waals surface area contributed by atoms with Crippen LogP contribution in [-0.2, 0) is 59.4 Å². The minimum Gasteiger partial charge on any atom is -0.487 e. The van der Waals surface area contributed by atoms with Crippen LogP contribution >= 0.6 is 11.3 Å². The van der Waals surface area contributed by atoms with E-state index in [9.17, 15) is 41.7 Å². The minimum absolute atomic E-state index is 0.0156. The number of thiazole rings is 1. The first-order valence-corrected chi connectivity index (χ1v) is 24.8. The quantitative estimate of drug-likeness (QED) is 0.0166. The molecule has 4 heterocycles. The molecule has 4 rings (SSSR count). The van der Waals surface area contributed by atoms with Crippen molar-refractivity contribution in [2.75, 3.05) is 23.4 Å². The summed E-state index contributed by atoms with van der Waals surface area (Å²) in [4.78, 5) is 94.6. The molecule has 0 saturated carbocycles. The van der Waals surface area contributed by atoms with Crippen LogP contribution in [0.15, 0.2) is 53.4 Å². The van der Waals surface area contributed by atoms with Crippen molar-refractivity contribution >= 4 is 80.0 Å². The summed E-state index contributed by atoms with van der Waals surface area (Å²) < 4.78 is 66.2. The number of anilines is 3. The third-order valence-electron chi connectivity index (χ3n) is 9.31. The summed E-state index contributed by atoms with van der Waals surface area (Å²) >= 11 is 0.890. The van der Waals surface area contributed by atoms with Gasteiger partial charge in [-0.3, -0.25) is 19.5 Å². The number of β-lactam (4-membered cyclic amide) rings is 1. The van der Waals surface area contributed by atoms with Gasteiger partial charge < -0.3 is 33.8 Å². The van der Waals surface area contributed by atoms with Crippen molar-refractivity contribution in [3.8, 4) is 5.75 Å². The van der Waals surface area contributed by atoms with Gasteiger partial charge >= 0.3 is 34.6 Å². The number of nitrogens with zero attached hydrogens (tertiary/aromatic N) is 6. The Hall–Kier alpha value is -6.51. The fourth-order valence-corrected chi connectivity index (χ4v) is 7.40. The predicted molar refractivity (Wildman–Crippen MR) is 259 cm³/mol. The number of aromatic nitrogens is 3.